The minimum absolute atomic E-state index is 0.243. The molecule has 0 aromatic heterocycles. The second-order valence-electron chi connectivity index (χ2n) is 4.46. The number of hydrogen-bond acceptors (Lipinski definition) is 2. The number of likely N-dealkylation sites (tertiary alicyclic amines) is 1. The summed E-state index contributed by atoms with van der Waals surface area (Å²) in [6.07, 6.45) is 4.00. The van der Waals surface area contributed by atoms with E-state index in [9.17, 15) is 4.79 Å². The summed E-state index contributed by atoms with van der Waals surface area (Å²) in [6, 6.07) is 0.748. The first-order valence-corrected chi connectivity index (χ1v) is 5.12. The minimum atomic E-state index is 0.243. The Morgan fingerprint density at radius 3 is 3.00 bits per heavy atom. The van der Waals surface area contributed by atoms with E-state index in [-0.39, 0.29) is 5.91 Å². The highest BCUT2D eigenvalue weighted by molar-refractivity contribution is 5.77. The van der Waals surface area contributed by atoms with Gasteiger partial charge in [-0.25, -0.2) is 0 Å². The van der Waals surface area contributed by atoms with Crippen molar-refractivity contribution in [2.24, 2.45) is 5.92 Å². The van der Waals surface area contributed by atoms with Crippen molar-refractivity contribution in [2.45, 2.75) is 25.3 Å². The predicted molar refractivity (Wildman–Crippen MR) is 51.4 cm³/mol. The molecule has 1 aliphatic carbocycles. The van der Waals surface area contributed by atoms with Crippen LogP contribution in [0.5, 0.6) is 0 Å². The van der Waals surface area contributed by atoms with Crippen LogP contribution in [0.25, 0.3) is 0 Å². The number of fused-ring (bicyclic) bond motifs is 1. The molecule has 1 heterocycles. The number of carbonyl (C=O) groups is 1. The van der Waals surface area contributed by atoms with Crippen LogP contribution in [0.1, 0.15) is 19.3 Å². The molecule has 0 unspecified atom stereocenters. The molecule has 1 saturated heterocycles. The first-order valence-electron chi connectivity index (χ1n) is 5.12. The standard InChI is InChI=1S/C10H18N2O/c1-11(2)10(13)7-12-5-3-4-8-6-9(8)12/h8-9H,3-7H2,1-2H3/t8-,9+/m1/s1. The van der Waals surface area contributed by atoms with Crippen LogP contribution in [0.15, 0.2) is 0 Å². The van der Waals surface area contributed by atoms with Crippen molar-refractivity contribution in [3.63, 3.8) is 0 Å². The van der Waals surface area contributed by atoms with Crippen molar-refractivity contribution in [1.82, 2.24) is 9.80 Å². The van der Waals surface area contributed by atoms with E-state index in [2.05, 4.69) is 4.90 Å². The van der Waals surface area contributed by atoms with Gasteiger partial charge in [-0.15, -0.1) is 0 Å². The third kappa shape index (κ3) is 1.85. The smallest absolute Gasteiger partial charge is 0.236 e. The van der Waals surface area contributed by atoms with Crippen LogP contribution in [0, 0.1) is 5.92 Å². The number of piperidine rings is 1. The molecular weight excluding hydrogens is 164 g/mol. The Kier molecular flexibility index (Phi) is 2.28. The van der Waals surface area contributed by atoms with Crippen molar-refractivity contribution in [2.75, 3.05) is 27.2 Å². The Morgan fingerprint density at radius 2 is 2.31 bits per heavy atom. The van der Waals surface area contributed by atoms with Crippen LogP contribution in [0.3, 0.4) is 0 Å². The van der Waals surface area contributed by atoms with Crippen LogP contribution >= 0.6 is 0 Å². The second kappa shape index (κ2) is 3.29. The SMILES string of the molecule is CN(C)C(=O)CN1CCC[C@@H]2C[C@@H]21. The van der Waals surface area contributed by atoms with E-state index in [0.29, 0.717) is 6.54 Å². The molecule has 2 rings (SSSR count). The van der Waals surface area contributed by atoms with Crippen molar-refractivity contribution < 1.29 is 4.79 Å². The summed E-state index contributed by atoms with van der Waals surface area (Å²) in [5.74, 6) is 1.16. The number of carbonyl (C=O) groups excluding carboxylic acids is 1. The van der Waals surface area contributed by atoms with Crippen LogP contribution < -0.4 is 0 Å². The quantitative estimate of drug-likeness (QED) is 0.623. The largest absolute Gasteiger partial charge is 0.348 e. The number of hydrogen-bond donors (Lipinski definition) is 0. The van der Waals surface area contributed by atoms with Gasteiger partial charge in [0.1, 0.15) is 0 Å². The molecule has 0 bridgehead atoms. The lowest BCUT2D eigenvalue weighted by Gasteiger charge is -2.26. The fourth-order valence-electron chi connectivity index (χ4n) is 2.22. The Bertz CT molecular complexity index is 215. The first kappa shape index (κ1) is 9.00. The summed E-state index contributed by atoms with van der Waals surface area (Å²) in [4.78, 5) is 15.5. The van der Waals surface area contributed by atoms with Gasteiger partial charge in [-0.2, -0.15) is 0 Å². The number of amides is 1. The van der Waals surface area contributed by atoms with Crippen molar-refractivity contribution in [1.29, 1.82) is 0 Å². The second-order valence-corrected chi connectivity index (χ2v) is 4.46. The molecule has 2 aliphatic rings. The van der Waals surface area contributed by atoms with E-state index >= 15 is 0 Å². The molecule has 0 aromatic rings. The lowest BCUT2D eigenvalue weighted by atomic mass is 10.1. The molecule has 13 heavy (non-hydrogen) atoms. The van der Waals surface area contributed by atoms with Gasteiger partial charge in [-0.1, -0.05) is 0 Å². The van der Waals surface area contributed by atoms with E-state index < -0.39 is 0 Å². The molecule has 0 spiro atoms. The van der Waals surface area contributed by atoms with Crippen LogP contribution in [0.4, 0.5) is 0 Å². The Balaban J connectivity index is 1.84. The van der Waals surface area contributed by atoms with E-state index in [1.54, 1.807) is 4.90 Å². The van der Waals surface area contributed by atoms with Gasteiger partial charge in [0, 0.05) is 20.1 Å². The fraction of sp³-hybridized carbons (Fsp3) is 0.900. The summed E-state index contributed by atoms with van der Waals surface area (Å²) < 4.78 is 0. The van der Waals surface area contributed by atoms with Crippen LogP contribution in [0.2, 0.25) is 0 Å². The first-order chi connectivity index (χ1) is 6.18. The third-order valence-electron chi connectivity index (χ3n) is 3.21. The maximum absolute atomic E-state index is 11.5. The Hall–Kier alpha value is -0.570. The molecule has 3 nitrogen and oxygen atoms in total. The number of rotatable bonds is 2. The van der Waals surface area contributed by atoms with Gasteiger partial charge >= 0.3 is 0 Å². The number of likely N-dealkylation sites (N-methyl/N-ethyl adjacent to an activating group) is 1. The highest BCUT2D eigenvalue weighted by atomic mass is 16.2. The summed E-state index contributed by atoms with van der Waals surface area (Å²) in [5, 5.41) is 0. The van der Waals surface area contributed by atoms with E-state index in [0.717, 1.165) is 18.5 Å². The maximum Gasteiger partial charge on any atom is 0.236 e. The average molecular weight is 182 g/mol. The van der Waals surface area contributed by atoms with Gasteiger partial charge in [0.25, 0.3) is 0 Å². The zero-order valence-electron chi connectivity index (χ0n) is 8.49. The normalized spacial score (nSPS) is 32.5. The molecule has 74 valence electrons. The van der Waals surface area contributed by atoms with E-state index in [4.69, 9.17) is 0 Å². The van der Waals surface area contributed by atoms with Gasteiger partial charge in [0.15, 0.2) is 0 Å². The average Bonchev–Trinajstić information content (AvgIpc) is 2.83. The van der Waals surface area contributed by atoms with Crippen LogP contribution in [-0.4, -0.2) is 48.9 Å². The molecule has 0 aromatic carbocycles. The lowest BCUT2D eigenvalue weighted by molar-refractivity contribution is -0.130. The highest BCUT2D eigenvalue weighted by Gasteiger charge is 2.44. The molecule has 1 saturated carbocycles. The minimum Gasteiger partial charge on any atom is -0.348 e. The third-order valence-corrected chi connectivity index (χ3v) is 3.21. The topological polar surface area (TPSA) is 23.6 Å². The fourth-order valence-corrected chi connectivity index (χ4v) is 2.22. The van der Waals surface area contributed by atoms with Gasteiger partial charge in [0.05, 0.1) is 6.54 Å². The molecule has 1 amide bonds. The summed E-state index contributed by atoms with van der Waals surface area (Å²) in [5.41, 5.74) is 0. The summed E-state index contributed by atoms with van der Waals surface area (Å²) >= 11 is 0. The predicted octanol–water partition coefficient (Wildman–Crippen LogP) is 0.559. The van der Waals surface area contributed by atoms with Gasteiger partial charge < -0.3 is 4.90 Å². The van der Waals surface area contributed by atoms with Gasteiger partial charge in [-0.3, -0.25) is 9.69 Å². The lowest BCUT2D eigenvalue weighted by Crippen LogP contribution is -2.40. The highest BCUT2D eigenvalue weighted by Crippen LogP contribution is 2.42. The molecule has 0 radical (unpaired) electrons. The van der Waals surface area contributed by atoms with E-state index in [1.165, 1.54) is 19.3 Å². The zero-order chi connectivity index (χ0) is 9.42. The van der Waals surface area contributed by atoms with Crippen molar-refractivity contribution in [3.05, 3.63) is 0 Å². The Morgan fingerprint density at radius 1 is 1.54 bits per heavy atom. The van der Waals surface area contributed by atoms with Crippen LogP contribution in [-0.2, 0) is 4.79 Å². The molecular formula is C10H18N2O. The summed E-state index contributed by atoms with van der Waals surface area (Å²) in [6.45, 7) is 1.76. The monoisotopic (exact) mass is 182 g/mol. The molecule has 3 heteroatoms. The Labute approximate surface area is 79.7 Å². The summed E-state index contributed by atoms with van der Waals surface area (Å²) in [7, 11) is 3.66. The molecule has 2 fully saturated rings. The number of nitrogens with zero attached hydrogens (tertiary/aromatic N) is 2. The maximum atomic E-state index is 11.5. The van der Waals surface area contributed by atoms with Gasteiger partial charge in [0.2, 0.25) is 5.91 Å². The van der Waals surface area contributed by atoms with E-state index in [1.807, 2.05) is 14.1 Å². The van der Waals surface area contributed by atoms with Crippen molar-refractivity contribution >= 4 is 5.91 Å². The van der Waals surface area contributed by atoms with Gasteiger partial charge in [-0.05, 0) is 31.7 Å². The van der Waals surface area contributed by atoms with Crippen molar-refractivity contribution in [3.8, 4) is 0 Å². The molecule has 2 atom stereocenters. The zero-order valence-corrected chi connectivity index (χ0v) is 8.49. The molecule has 1 aliphatic heterocycles. The molecule has 0 N–H and O–H groups in total.